The van der Waals surface area contributed by atoms with Gasteiger partial charge in [0, 0.05) is 25.4 Å². The van der Waals surface area contributed by atoms with Gasteiger partial charge < -0.3 is 13.3 Å². The topological polar surface area (TPSA) is 47.6 Å². The lowest BCUT2D eigenvalue weighted by Gasteiger charge is -2.34. The first-order valence-corrected chi connectivity index (χ1v) is 8.00. The van der Waals surface area contributed by atoms with E-state index in [0.29, 0.717) is 26.2 Å². The van der Waals surface area contributed by atoms with Gasteiger partial charge in [-0.3, -0.25) is 0 Å². The van der Waals surface area contributed by atoms with Gasteiger partial charge in [-0.25, -0.2) is 5.11 Å². The van der Waals surface area contributed by atoms with Crippen LogP contribution in [0.2, 0.25) is 5.54 Å². The third-order valence-electron chi connectivity index (χ3n) is 2.50. The molecule has 0 amide bonds. The summed E-state index contributed by atoms with van der Waals surface area (Å²) in [6.45, 7) is 9.47. The zero-order valence-electron chi connectivity index (χ0n) is 11.0. The number of rotatable bonds is 10. The molecule has 0 saturated carbocycles. The van der Waals surface area contributed by atoms with Crippen molar-refractivity contribution in [2.75, 3.05) is 26.4 Å². The van der Waals surface area contributed by atoms with E-state index >= 15 is 0 Å². The third-order valence-corrected chi connectivity index (χ3v) is 6.27. The first-order valence-electron chi connectivity index (χ1n) is 6.20. The molecular weight excluding hydrogens is 224 g/mol. The van der Waals surface area contributed by atoms with Crippen molar-refractivity contribution in [1.29, 1.82) is 0 Å². The molecular formula is C11H25O4Si. The summed E-state index contributed by atoms with van der Waals surface area (Å²) in [4.78, 5) is 0. The first-order chi connectivity index (χ1) is 7.70. The first kappa shape index (κ1) is 16.1. The Morgan fingerprint density at radius 1 is 0.938 bits per heavy atom. The van der Waals surface area contributed by atoms with Crippen molar-refractivity contribution < 1.29 is 18.4 Å². The molecule has 0 aromatic carbocycles. The maximum absolute atomic E-state index is 10.8. The second-order valence-corrected chi connectivity index (χ2v) is 6.39. The van der Waals surface area contributed by atoms with E-state index in [4.69, 9.17) is 13.3 Å². The minimum Gasteiger partial charge on any atom is -0.374 e. The van der Waals surface area contributed by atoms with E-state index in [2.05, 4.69) is 6.92 Å². The van der Waals surface area contributed by atoms with Gasteiger partial charge in [0.2, 0.25) is 0 Å². The lowest BCUT2D eigenvalue weighted by Crippen LogP contribution is -2.50. The summed E-state index contributed by atoms with van der Waals surface area (Å²) in [6, 6.07) is 0. The van der Waals surface area contributed by atoms with E-state index in [9.17, 15) is 5.11 Å². The Hall–Kier alpha value is 0.0569. The summed E-state index contributed by atoms with van der Waals surface area (Å²) >= 11 is 0. The van der Waals surface area contributed by atoms with Crippen LogP contribution in [-0.2, 0) is 18.4 Å². The average Bonchev–Trinajstić information content (AvgIpc) is 2.26. The van der Waals surface area contributed by atoms with E-state index in [1.165, 1.54) is 0 Å². The van der Waals surface area contributed by atoms with Crippen molar-refractivity contribution in [3.63, 3.8) is 0 Å². The van der Waals surface area contributed by atoms with Crippen LogP contribution in [0.4, 0.5) is 0 Å². The number of hydrogen-bond acceptors (Lipinski definition) is 3. The minimum atomic E-state index is -2.65. The van der Waals surface area contributed by atoms with Crippen LogP contribution in [0.3, 0.4) is 0 Å². The molecule has 0 aromatic rings. The average molecular weight is 249 g/mol. The smallest absolute Gasteiger partial charge is 0.374 e. The monoisotopic (exact) mass is 249 g/mol. The molecule has 0 bridgehead atoms. The normalized spacial score (nSPS) is 14.1. The highest BCUT2D eigenvalue weighted by molar-refractivity contribution is 6.62. The van der Waals surface area contributed by atoms with E-state index in [0.717, 1.165) is 6.42 Å². The molecule has 0 spiro atoms. The largest absolute Gasteiger partial charge is 0.504 e. The fourth-order valence-corrected chi connectivity index (χ4v) is 4.99. The van der Waals surface area contributed by atoms with Gasteiger partial charge in [0.1, 0.15) is 0 Å². The maximum atomic E-state index is 10.8. The highest BCUT2D eigenvalue weighted by Gasteiger charge is 2.47. The molecule has 1 unspecified atom stereocenters. The summed E-state index contributed by atoms with van der Waals surface area (Å²) in [7, 11) is -2.65. The molecule has 97 valence electrons. The van der Waals surface area contributed by atoms with Gasteiger partial charge in [-0.2, -0.15) is 0 Å². The summed E-state index contributed by atoms with van der Waals surface area (Å²) in [5.41, 5.74) is 0.129. The summed E-state index contributed by atoms with van der Waals surface area (Å²) in [5, 5.41) is 10.8. The van der Waals surface area contributed by atoms with Crippen molar-refractivity contribution in [1.82, 2.24) is 0 Å². The van der Waals surface area contributed by atoms with Crippen LogP contribution in [0.1, 0.15) is 40.5 Å². The van der Waals surface area contributed by atoms with Gasteiger partial charge in [-0.15, -0.1) is 0 Å². The summed E-state index contributed by atoms with van der Waals surface area (Å²) in [6.07, 6.45) is 1.44. The predicted octanol–water partition coefficient (Wildman–Crippen LogP) is 2.64. The van der Waals surface area contributed by atoms with E-state index in [1.54, 1.807) is 0 Å². The predicted molar refractivity (Wildman–Crippen MR) is 64.8 cm³/mol. The van der Waals surface area contributed by atoms with E-state index < -0.39 is 8.80 Å². The van der Waals surface area contributed by atoms with Crippen LogP contribution in [0.25, 0.3) is 0 Å². The maximum Gasteiger partial charge on any atom is 0.504 e. The lowest BCUT2D eigenvalue weighted by molar-refractivity contribution is 0.0544. The Bertz CT molecular complexity index is 149. The molecule has 0 rings (SSSR count). The van der Waals surface area contributed by atoms with Gasteiger partial charge >= 0.3 is 8.80 Å². The van der Waals surface area contributed by atoms with Crippen molar-refractivity contribution in [2.45, 2.75) is 46.1 Å². The van der Waals surface area contributed by atoms with E-state index in [-0.39, 0.29) is 12.1 Å². The molecule has 1 atom stereocenters. The van der Waals surface area contributed by atoms with Crippen LogP contribution in [0.15, 0.2) is 0 Å². The fourth-order valence-electron chi connectivity index (χ4n) is 1.86. The molecule has 0 saturated heterocycles. The molecule has 0 aromatic heterocycles. The van der Waals surface area contributed by atoms with Crippen LogP contribution >= 0.6 is 0 Å². The highest BCUT2D eigenvalue weighted by atomic mass is 28.4. The summed E-state index contributed by atoms with van der Waals surface area (Å²) < 4.78 is 17.3. The molecule has 4 nitrogen and oxygen atoms in total. The van der Waals surface area contributed by atoms with Crippen molar-refractivity contribution in [3.8, 4) is 0 Å². The van der Waals surface area contributed by atoms with Crippen LogP contribution in [-0.4, -0.2) is 35.2 Å². The molecule has 1 radical (unpaired) electrons. The molecule has 0 heterocycles. The second-order valence-electron chi connectivity index (χ2n) is 3.50. The van der Waals surface area contributed by atoms with Gasteiger partial charge in [-0.1, -0.05) is 6.92 Å². The fraction of sp³-hybridized carbons (Fsp3) is 1.00. The van der Waals surface area contributed by atoms with E-state index in [1.807, 2.05) is 20.8 Å². The Balaban J connectivity index is 4.78. The Morgan fingerprint density at radius 3 is 1.62 bits per heavy atom. The molecule has 0 aliphatic heterocycles. The molecule has 16 heavy (non-hydrogen) atoms. The zero-order chi connectivity index (χ0) is 12.4. The Morgan fingerprint density at radius 2 is 1.38 bits per heavy atom. The minimum absolute atomic E-state index is 0.0967. The molecule has 5 heteroatoms. The standard InChI is InChI=1S/C11H25O4Si/c1-5-11(9-10-12)16(13-6-2,14-7-3)15-8-4/h11H,5-10H2,1-4H3. The van der Waals surface area contributed by atoms with Gasteiger partial charge in [0.25, 0.3) is 0 Å². The van der Waals surface area contributed by atoms with Gasteiger partial charge in [-0.05, 0) is 33.6 Å². The highest BCUT2D eigenvalue weighted by Crippen LogP contribution is 2.31. The lowest BCUT2D eigenvalue weighted by atomic mass is 10.2. The quantitative estimate of drug-likeness (QED) is 0.559. The zero-order valence-corrected chi connectivity index (χ0v) is 12.0. The second kappa shape index (κ2) is 9.12. The van der Waals surface area contributed by atoms with Gasteiger partial charge in [0.05, 0.1) is 6.61 Å². The molecule has 0 aliphatic rings. The Kier molecular flexibility index (Phi) is 9.16. The number of hydrogen-bond donors (Lipinski definition) is 0. The molecule has 0 aliphatic carbocycles. The summed E-state index contributed by atoms with van der Waals surface area (Å²) in [5.74, 6) is 0. The van der Waals surface area contributed by atoms with Crippen LogP contribution < -0.4 is 0 Å². The van der Waals surface area contributed by atoms with Crippen molar-refractivity contribution in [3.05, 3.63) is 0 Å². The third kappa shape index (κ3) is 4.51. The van der Waals surface area contributed by atoms with Crippen LogP contribution in [0.5, 0.6) is 0 Å². The Labute approximate surface area is 100 Å². The molecule has 0 fully saturated rings. The van der Waals surface area contributed by atoms with Gasteiger partial charge in [0.15, 0.2) is 0 Å². The SMILES string of the molecule is CCO[Si](OCC)(OCC)C(CC)CC[O]. The van der Waals surface area contributed by atoms with Crippen LogP contribution in [0, 0.1) is 0 Å². The van der Waals surface area contributed by atoms with Crippen molar-refractivity contribution in [2.24, 2.45) is 0 Å². The van der Waals surface area contributed by atoms with Crippen molar-refractivity contribution >= 4 is 8.80 Å². The molecule has 0 N–H and O–H groups in total.